The highest BCUT2D eigenvalue weighted by Gasteiger charge is 2.48. The average Bonchev–Trinajstić information content (AvgIpc) is 2.99. The topological polar surface area (TPSA) is 25.4 Å². The van der Waals surface area contributed by atoms with E-state index < -0.39 is 0 Å². The minimum Gasteiger partial charge on any atom is -0.466 e. The Bertz CT molecular complexity index is 703. The molecule has 4 fully saturated rings. The molecule has 0 N–H and O–H groups in total. The van der Waals surface area contributed by atoms with Crippen molar-refractivity contribution in [1.82, 2.24) is 9.88 Å². The molecule has 5 heteroatoms. The second-order valence-electron chi connectivity index (χ2n) is 7.16. The Kier molecular flexibility index (Phi) is 3.39. The molecule has 1 aliphatic carbocycles. The van der Waals surface area contributed by atoms with Crippen LogP contribution in [0.5, 0.6) is 5.19 Å². The molecule has 0 radical (unpaired) electrons. The highest BCUT2D eigenvalue weighted by molar-refractivity contribution is 7.16. The van der Waals surface area contributed by atoms with Gasteiger partial charge in [0.1, 0.15) is 6.10 Å². The van der Waals surface area contributed by atoms with E-state index in [9.17, 15) is 0 Å². The Balaban J connectivity index is 1.36. The van der Waals surface area contributed by atoms with Gasteiger partial charge in [-0.05, 0) is 36.5 Å². The zero-order chi connectivity index (χ0) is 15.4. The predicted octanol–water partition coefficient (Wildman–Crippen LogP) is 4.18. The molecule has 4 bridgehead atoms. The van der Waals surface area contributed by atoms with Crippen LogP contribution < -0.4 is 4.74 Å². The van der Waals surface area contributed by atoms with Crippen molar-refractivity contribution in [1.29, 1.82) is 0 Å². The molecule has 0 amide bonds. The number of hydrogen-bond donors (Lipinski definition) is 0. The lowest BCUT2D eigenvalue weighted by molar-refractivity contribution is -0.0985. The number of benzene rings is 1. The average molecular weight is 347 g/mol. The summed E-state index contributed by atoms with van der Waals surface area (Å²) in [5.41, 5.74) is 1.11. The zero-order valence-corrected chi connectivity index (χ0v) is 14.4. The summed E-state index contributed by atoms with van der Waals surface area (Å²) in [7, 11) is 0. The van der Waals surface area contributed by atoms with Gasteiger partial charge in [0.25, 0.3) is 5.19 Å². The van der Waals surface area contributed by atoms with Crippen LogP contribution in [0.2, 0.25) is 5.02 Å². The molecular weight excluding hydrogens is 328 g/mol. The molecule has 2 aromatic rings. The number of hydrogen-bond acceptors (Lipinski definition) is 4. The van der Waals surface area contributed by atoms with Crippen LogP contribution in [0.3, 0.4) is 0 Å². The number of ether oxygens (including phenoxy) is 1. The Morgan fingerprint density at radius 1 is 1.17 bits per heavy atom. The highest BCUT2D eigenvalue weighted by atomic mass is 35.5. The lowest BCUT2D eigenvalue weighted by atomic mass is 9.66. The van der Waals surface area contributed by atoms with Crippen molar-refractivity contribution < 1.29 is 4.74 Å². The molecule has 1 saturated carbocycles. The van der Waals surface area contributed by atoms with Crippen molar-refractivity contribution >= 4 is 22.9 Å². The van der Waals surface area contributed by atoms with Gasteiger partial charge in [0.2, 0.25) is 0 Å². The Morgan fingerprint density at radius 2 is 2.00 bits per heavy atom. The quantitative estimate of drug-likeness (QED) is 0.833. The van der Waals surface area contributed by atoms with Gasteiger partial charge in [-0.1, -0.05) is 35.1 Å². The largest absolute Gasteiger partial charge is 0.466 e. The molecule has 0 unspecified atom stereocenters. The second-order valence-corrected chi connectivity index (χ2v) is 8.59. The van der Waals surface area contributed by atoms with E-state index in [2.05, 4.69) is 16.0 Å². The molecular formula is C18H19ClN2OS. The molecule has 3 saturated heterocycles. The fraction of sp³-hybridized carbons (Fsp3) is 0.500. The van der Waals surface area contributed by atoms with Crippen LogP contribution in [0, 0.1) is 17.8 Å². The summed E-state index contributed by atoms with van der Waals surface area (Å²) in [4.78, 5) is 8.26. The van der Waals surface area contributed by atoms with E-state index in [4.69, 9.17) is 16.3 Å². The van der Waals surface area contributed by atoms with Crippen LogP contribution in [0.15, 0.2) is 30.5 Å². The molecule has 120 valence electrons. The van der Waals surface area contributed by atoms with E-state index in [0.717, 1.165) is 26.6 Å². The number of rotatable bonds is 3. The van der Waals surface area contributed by atoms with Gasteiger partial charge in [-0.25, -0.2) is 4.98 Å². The van der Waals surface area contributed by atoms with Gasteiger partial charge in [0.15, 0.2) is 0 Å². The molecule has 3 aliphatic heterocycles. The highest BCUT2D eigenvalue weighted by Crippen LogP contribution is 2.45. The Labute approximate surface area is 145 Å². The fourth-order valence-electron chi connectivity index (χ4n) is 4.76. The van der Waals surface area contributed by atoms with Crippen molar-refractivity contribution in [3.8, 4) is 15.6 Å². The summed E-state index contributed by atoms with van der Waals surface area (Å²) in [5, 5.41) is 1.57. The SMILES string of the molecule is Clc1cccc(-c2cnc(OC3[C@H]4CC5C[C@H]3CN(C5)C4)s2)c1. The van der Waals surface area contributed by atoms with Gasteiger partial charge in [-0.2, -0.15) is 0 Å². The first-order valence-electron chi connectivity index (χ1n) is 8.35. The Hall–Kier alpha value is -1.10. The fourth-order valence-corrected chi connectivity index (χ4v) is 5.75. The van der Waals surface area contributed by atoms with Crippen LogP contribution in [0.25, 0.3) is 10.4 Å². The molecule has 1 aromatic carbocycles. The number of thiazole rings is 1. The third-order valence-electron chi connectivity index (χ3n) is 5.53. The summed E-state index contributed by atoms with van der Waals surface area (Å²) in [6.45, 7) is 3.74. The van der Waals surface area contributed by atoms with Gasteiger partial charge in [-0.3, -0.25) is 0 Å². The van der Waals surface area contributed by atoms with Crippen LogP contribution in [-0.2, 0) is 0 Å². The van der Waals surface area contributed by atoms with Crippen LogP contribution in [-0.4, -0.2) is 35.6 Å². The van der Waals surface area contributed by atoms with Gasteiger partial charge in [0.05, 0.1) is 4.88 Å². The van der Waals surface area contributed by atoms with Crippen molar-refractivity contribution in [2.24, 2.45) is 17.8 Å². The van der Waals surface area contributed by atoms with E-state index in [1.165, 1.54) is 32.5 Å². The third kappa shape index (κ3) is 2.57. The smallest absolute Gasteiger partial charge is 0.273 e. The van der Waals surface area contributed by atoms with E-state index in [-0.39, 0.29) is 0 Å². The normalized spacial score (nSPS) is 34.7. The maximum atomic E-state index is 6.37. The maximum absolute atomic E-state index is 6.37. The number of aromatic nitrogens is 1. The lowest BCUT2D eigenvalue weighted by Gasteiger charge is -2.55. The zero-order valence-electron chi connectivity index (χ0n) is 12.8. The molecule has 1 aromatic heterocycles. The molecule has 4 heterocycles. The van der Waals surface area contributed by atoms with Crippen molar-refractivity contribution in [3.63, 3.8) is 0 Å². The van der Waals surface area contributed by atoms with Crippen LogP contribution in [0.1, 0.15) is 12.8 Å². The Morgan fingerprint density at radius 3 is 2.74 bits per heavy atom. The lowest BCUT2D eigenvalue weighted by Crippen LogP contribution is -2.61. The minimum absolute atomic E-state index is 0.362. The summed E-state index contributed by atoms with van der Waals surface area (Å²) in [6, 6.07) is 7.92. The van der Waals surface area contributed by atoms with E-state index in [0.29, 0.717) is 17.9 Å². The van der Waals surface area contributed by atoms with E-state index in [1.807, 2.05) is 24.4 Å². The standard InChI is InChI=1S/C18H19ClN2OS/c19-15-3-1-2-12(6-15)16-7-20-18(23-16)22-17-13-4-11-5-14(17)10-21(8-11)9-13/h1-3,6-7,11,13-14,17H,4-5,8-10H2/t11?,13-,14-,17?/m0/s1. The first-order valence-corrected chi connectivity index (χ1v) is 9.55. The summed E-state index contributed by atoms with van der Waals surface area (Å²) >= 11 is 7.72. The summed E-state index contributed by atoms with van der Waals surface area (Å²) < 4.78 is 6.37. The monoisotopic (exact) mass is 346 g/mol. The molecule has 4 aliphatic rings. The first kappa shape index (κ1) is 14.3. The number of halogens is 1. The molecule has 23 heavy (non-hydrogen) atoms. The third-order valence-corrected chi connectivity index (χ3v) is 6.71. The predicted molar refractivity (Wildman–Crippen MR) is 93.1 cm³/mol. The number of piperidine rings is 3. The minimum atomic E-state index is 0.362. The van der Waals surface area contributed by atoms with Crippen LogP contribution >= 0.6 is 22.9 Å². The van der Waals surface area contributed by atoms with Crippen LogP contribution in [0.4, 0.5) is 0 Å². The van der Waals surface area contributed by atoms with Gasteiger partial charge in [-0.15, -0.1) is 0 Å². The van der Waals surface area contributed by atoms with Crippen molar-refractivity contribution in [3.05, 3.63) is 35.5 Å². The number of nitrogens with zero attached hydrogens (tertiary/aromatic N) is 2. The molecule has 0 spiro atoms. The molecule has 6 rings (SSSR count). The second kappa shape index (κ2) is 5.47. The molecule has 3 nitrogen and oxygen atoms in total. The first-order chi connectivity index (χ1) is 11.2. The van der Waals surface area contributed by atoms with Gasteiger partial charge < -0.3 is 9.64 Å². The summed E-state index contributed by atoms with van der Waals surface area (Å²) in [5.74, 6) is 2.30. The van der Waals surface area contributed by atoms with E-state index in [1.54, 1.807) is 11.3 Å². The van der Waals surface area contributed by atoms with Gasteiger partial charge >= 0.3 is 0 Å². The van der Waals surface area contributed by atoms with Gasteiger partial charge in [0, 0.05) is 42.7 Å². The van der Waals surface area contributed by atoms with Crippen molar-refractivity contribution in [2.45, 2.75) is 18.9 Å². The van der Waals surface area contributed by atoms with Crippen molar-refractivity contribution in [2.75, 3.05) is 19.6 Å². The maximum Gasteiger partial charge on any atom is 0.273 e. The molecule has 2 atom stereocenters. The van der Waals surface area contributed by atoms with E-state index >= 15 is 0 Å². The summed E-state index contributed by atoms with van der Waals surface area (Å²) in [6.07, 6.45) is 4.95.